The van der Waals surface area contributed by atoms with Gasteiger partial charge < -0.3 is 14.9 Å². The van der Waals surface area contributed by atoms with Crippen LogP contribution in [-0.4, -0.2) is 35.0 Å². The summed E-state index contributed by atoms with van der Waals surface area (Å²) in [7, 11) is -4.25. The summed E-state index contributed by atoms with van der Waals surface area (Å²) in [5.41, 5.74) is 1.79. The van der Waals surface area contributed by atoms with Gasteiger partial charge in [0.25, 0.3) is 10.1 Å². The molecule has 33 heavy (non-hydrogen) atoms. The van der Waals surface area contributed by atoms with Gasteiger partial charge >= 0.3 is 0 Å². The van der Waals surface area contributed by atoms with Crippen LogP contribution in [0.5, 0.6) is 11.5 Å². The number of aromatic hydroxyl groups is 2. The molecule has 0 saturated carbocycles. The van der Waals surface area contributed by atoms with Crippen LogP contribution in [0.15, 0.2) is 60.7 Å². The maximum atomic E-state index is 12.1. The molecule has 2 aromatic carbocycles. The van der Waals surface area contributed by atoms with Crippen molar-refractivity contribution in [3.05, 3.63) is 71.8 Å². The van der Waals surface area contributed by atoms with E-state index in [0.29, 0.717) is 13.0 Å². The average molecular weight is 477 g/mol. The molecular weight excluding hydrogens is 440 g/mol. The Balaban J connectivity index is 2.13. The minimum Gasteiger partial charge on any atom is -0.508 e. The van der Waals surface area contributed by atoms with Crippen molar-refractivity contribution in [3.63, 3.8) is 0 Å². The van der Waals surface area contributed by atoms with E-state index >= 15 is 0 Å². The van der Waals surface area contributed by atoms with Gasteiger partial charge in [0.15, 0.2) is 0 Å². The highest BCUT2D eigenvalue weighted by atomic mass is 32.2. The van der Waals surface area contributed by atoms with Crippen molar-refractivity contribution >= 4 is 10.1 Å². The van der Waals surface area contributed by atoms with Crippen LogP contribution in [0.25, 0.3) is 0 Å². The van der Waals surface area contributed by atoms with Crippen molar-refractivity contribution in [2.75, 3.05) is 6.61 Å². The minimum atomic E-state index is -4.25. The summed E-state index contributed by atoms with van der Waals surface area (Å²) in [6.45, 7) is 4.66. The van der Waals surface area contributed by atoms with Crippen LogP contribution in [0, 0.1) is 0 Å². The zero-order valence-corrected chi connectivity index (χ0v) is 20.2. The first-order chi connectivity index (χ1) is 15.7. The topological polar surface area (TPSA) is 104 Å². The van der Waals surface area contributed by atoms with Gasteiger partial charge in [0.1, 0.15) is 17.6 Å². The molecule has 0 spiro atoms. The molecule has 6 nitrogen and oxygen atoms in total. The molecule has 0 heterocycles. The van der Waals surface area contributed by atoms with Crippen molar-refractivity contribution in [2.45, 2.75) is 69.6 Å². The molecule has 182 valence electrons. The maximum absolute atomic E-state index is 12.1. The summed E-state index contributed by atoms with van der Waals surface area (Å²) in [4.78, 5) is 0. The van der Waals surface area contributed by atoms with Gasteiger partial charge in [-0.15, -0.1) is 0 Å². The van der Waals surface area contributed by atoms with E-state index in [1.165, 1.54) is 0 Å². The average Bonchev–Trinajstić information content (AvgIpc) is 2.78. The van der Waals surface area contributed by atoms with Gasteiger partial charge in [0.05, 0.1) is 5.25 Å². The zero-order chi connectivity index (χ0) is 24.3. The van der Waals surface area contributed by atoms with Crippen LogP contribution in [0.2, 0.25) is 0 Å². The fourth-order valence-electron chi connectivity index (χ4n) is 3.78. The third-order valence-electron chi connectivity index (χ3n) is 5.80. The molecular formula is C26H36O6S. The summed E-state index contributed by atoms with van der Waals surface area (Å²) < 4.78 is 40.1. The molecule has 7 heteroatoms. The Hall–Kier alpha value is -2.35. The number of benzene rings is 2. The third kappa shape index (κ3) is 9.20. The van der Waals surface area contributed by atoms with Gasteiger partial charge in [0, 0.05) is 6.61 Å². The molecule has 0 aliphatic heterocycles. The minimum absolute atomic E-state index is 0.0656. The Kier molecular flexibility index (Phi) is 10.9. The zero-order valence-electron chi connectivity index (χ0n) is 19.4. The second kappa shape index (κ2) is 13.4. The lowest BCUT2D eigenvalue weighted by Gasteiger charge is -2.21. The van der Waals surface area contributed by atoms with E-state index in [1.807, 2.05) is 13.0 Å². The molecule has 0 fully saturated rings. The standard InChI is InChI=1S/C26H36O6S/c1-3-5-6-18-32-26(22-12-16-24(28)17-13-22)9-7-8-25(33(29,30)31)19-20(4-2)21-10-14-23(27)15-11-21/h7,9-17,20,25-28H,3-6,8,18-19H2,1-2H3,(H,29,30,31)/t20-,25-,26+/m0/s1. The molecule has 0 aliphatic carbocycles. The van der Waals surface area contributed by atoms with Crippen molar-refractivity contribution in [3.8, 4) is 11.5 Å². The number of hydrogen-bond acceptors (Lipinski definition) is 5. The summed E-state index contributed by atoms with van der Waals surface area (Å²) in [6.07, 6.45) is 7.40. The largest absolute Gasteiger partial charge is 0.508 e. The van der Waals surface area contributed by atoms with E-state index in [0.717, 1.165) is 30.4 Å². The maximum Gasteiger partial charge on any atom is 0.268 e. The van der Waals surface area contributed by atoms with Crippen LogP contribution in [0.1, 0.15) is 75.5 Å². The van der Waals surface area contributed by atoms with Crippen molar-refractivity contribution < 1.29 is 27.9 Å². The van der Waals surface area contributed by atoms with E-state index in [1.54, 1.807) is 54.6 Å². The quantitative estimate of drug-likeness (QED) is 0.172. The number of allylic oxidation sites excluding steroid dienone is 1. The molecule has 0 radical (unpaired) electrons. The SMILES string of the molecule is CCCCCO[C@H](C=CC[C@@H](C[C@H](CC)c1ccc(O)cc1)S(=O)(=O)O)c1ccc(O)cc1. The third-order valence-corrected chi connectivity index (χ3v) is 7.03. The number of phenolic OH excluding ortho intramolecular Hbond substituents is 2. The fourth-order valence-corrected chi connectivity index (χ4v) is 4.61. The molecule has 0 bridgehead atoms. The normalized spacial score (nSPS) is 14.9. The Bertz CT molecular complexity index is 951. The van der Waals surface area contributed by atoms with Crippen LogP contribution >= 0.6 is 0 Å². The Morgan fingerprint density at radius 1 is 0.909 bits per heavy atom. The van der Waals surface area contributed by atoms with Gasteiger partial charge in [-0.2, -0.15) is 8.42 Å². The number of phenols is 2. The Morgan fingerprint density at radius 2 is 1.48 bits per heavy atom. The van der Waals surface area contributed by atoms with Crippen LogP contribution in [0.4, 0.5) is 0 Å². The van der Waals surface area contributed by atoms with Gasteiger partial charge in [-0.1, -0.05) is 63.1 Å². The van der Waals surface area contributed by atoms with E-state index in [4.69, 9.17) is 4.74 Å². The molecule has 0 aromatic heterocycles. The van der Waals surface area contributed by atoms with Crippen LogP contribution < -0.4 is 0 Å². The molecule has 0 unspecified atom stereocenters. The predicted molar refractivity (Wildman–Crippen MR) is 131 cm³/mol. The summed E-state index contributed by atoms with van der Waals surface area (Å²) in [5, 5.41) is 18.1. The number of ether oxygens (including phenoxy) is 1. The molecule has 0 amide bonds. The van der Waals surface area contributed by atoms with Gasteiger partial charge in [-0.05, 0) is 67.0 Å². The summed E-state index contributed by atoms with van der Waals surface area (Å²) in [6, 6.07) is 13.5. The number of rotatable bonds is 14. The predicted octanol–water partition coefficient (Wildman–Crippen LogP) is 6.13. The van der Waals surface area contributed by atoms with Crippen molar-refractivity contribution in [1.29, 1.82) is 0 Å². The summed E-state index contributed by atoms with van der Waals surface area (Å²) in [5.74, 6) is 0.255. The molecule has 0 saturated heterocycles. The first kappa shape index (κ1) is 26.9. The van der Waals surface area contributed by atoms with Crippen LogP contribution in [-0.2, 0) is 14.9 Å². The fraction of sp³-hybridized carbons (Fsp3) is 0.462. The highest BCUT2D eigenvalue weighted by Gasteiger charge is 2.26. The second-order valence-electron chi connectivity index (χ2n) is 8.32. The molecule has 0 aliphatic rings. The monoisotopic (exact) mass is 476 g/mol. The lowest BCUT2D eigenvalue weighted by Crippen LogP contribution is -2.22. The first-order valence-corrected chi connectivity index (χ1v) is 13.1. The Labute approximate surface area is 197 Å². The number of unbranched alkanes of at least 4 members (excludes halogenated alkanes) is 2. The first-order valence-electron chi connectivity index (χ1n) is 11.6. The van der Waals surface area contributed by atoms with Gasteiger partial charge in [-0.3, -0.25) is 4.55 Å². The number of hydrogen-bond donors (Lipinski definition) is 3. The molecule has 3 atom stereocenters. The lowest BCUT2D eigenvalue weighted by molar-refractivity contribution is 0.0819. The van der Waals surface area contributed by atoms with Crippen molar-refractivity contribution in [1.82, 2.24) is 0 Å². The van der Waals surface area contributed by atoms with Gasteiger partial charge in [0.2, 0.25) is 0 Å². The van der Waals surface area contributed by atoms with Gasteiger partial charge in [-0.25, -0.2) is 0 Å². The molecule has 2 rings (SSSR count). The lowest BCUT2D eigenvalue weighted by atomic mass is 9.91. The summed E-state index contributed by atoms with van der Waals surface area (Å²) >= 11 is 0. The van der Waals surface area contributed by atoms with E-state index < -0.39 is 15.4 Å². The smallest absolute Gasteiger partial charge is 0.268 e. The Morgan fingerprint density at radius 3 is 2.00 bits per heavy atom. The molecule has 3 N–H and O–H groups in total. The van der Waals surface area contributed by atoms with Crippen molar-refractivity contribution in [2.24, 2.45) is 0 Å². The highest BCUT2D eigenvalue weighted by Crippen LogP contribution is 2.30. The molecule has 2 aromatic rings. The van der Waals surface area contributed by atoms with E-state index in [9.17, 15) is 23.2 Å². The van der Waals surface area contributed by atoms with E-state index in [2.05, 4.69) is 6.92 Å². The van der Waals surface area contributed by atoms with Crippen LogP contribution in [0.3, 0.4) is 0 Å². The second-order valence-corrected chi connectivity index (χ2v) is 10.0. The van der Waals surface area contributed by atoms with E-state index in [-0.39, 0.29) is 36.4 Å². The highest BCUT2D eigenvalue weighted by molar-refractivity contribution is 7.86.